The van der Waals surface area contributed by atoms with Crippen LogP contribution in [0.5, 0.6) is 0 Å². The van der Waals surface area contributed by atoms with Gasteiger partial charge in [0, 0.05) is 22.0 Å². The maximum Gasteiger partial charge on any atom is 0.238 e. The van der Waals surface area contributed by atoms with Gasteiger partial charge in [-0.1, -0.05) is 19.1 Å². The molecule has 0 bridgehead atoms. The summed E-state index contributed by atoms with van der Waals surface area (Å²) in [6.07, 6.45) is 1.01. The van der Waals surface area contributed by atoms with Gasteiger partial charge in [0.05, 0.1) is 6.54 Å². The van der Waals surface area contributed by atoms with E-state index in [0.29, 0.717) is 6.54 Å². The van der Waals surface area contributed by atoms with Gasteiger partial charge in [0.1, 0.15) is 0 Å². The van der Waals surface area contributed by atoms with E-state index < -0.39 is 0 Å². The molecule has 21 heavy (non-hydrogen) atoms. The van der Waals surface area contributed by atoms with Crippen molar-refractivity contribution in [3.05, 3.63) is 51.7 Å². The third kappa shape index (κ3) is 4.99. The van der Waals surface area contributed by atoms with Crippen LogP contribution in [-0.4, -0.2) is 24.4 Å². The first-order valence-electron chi connectivity index (χ1n) is 7.19. The summed E-state index contributed by atoms with van der Waals surface area (Å²) in [4.78, 5) is 16.6. The van der Waals surface area contributed by atoms with Crippen molar-refractivity contribution in [2.24, 2.45) is 0 Å². The van der Waals surface area contributed by atoms with Crippen molar-refractivity contribution in [2.75, 3.05) is 18.9 Å². The third-order valence-electron chi connectivity index (χ3n) is 3.28. The summed E-state index contributed by atoms with van der Waals surface area (Å²) < 4.78 is 0. The molecule has 0 spiro atoms. The Morgan fingerprint density at radius 2 is 1.90 bits per heavy atom. The molecule has 2 aromatic rings. The minimum atomic E-state index is 0.0232. The van der Waals surface area contributed by atoms with Crippen LogP contribution in [0.15, 0.2) is 36.4 Å². The second-order valence-electron chi connectivity index (χ2n) is 5.28. The molecule has 0 saturated carbocycles. The molecule has 3 nitrogen and oxygen atoms in total. The summed E-state index contributed by atoms with van der Waals surface area (Å²) in [5.74, 6) is 0.0232. The summed E-state index contributed by atoms with van der Waals surface area (Å²) in [6, 6.07) is 12.3. The van der Waals surface area contributed by atoms with Gasteiger partial charge in [-0.3, -0.25) is 9.69 Å². The average Bonchev–Trinajstić information content (AvgIpc) is 2.84. The molecule has 112 valence electrons. The van der Waals surface area contributed by atoms with Gasteiger partial charge in [0.15, 0.2) is 0 Å². The number of benzene rings is 1. The van der Waals surface area contributed by atoms with Crippen LogP contribution in [0, 0.1) is 6.92 Å². The van der Waals surface area contributed by atoms with E-state index in [1.807, 2.05) is 36.2 Å². The Labute approximate surface area is 130 Å². The standard InChI is InChI=1S/C17H22N2OS/c1-4-14-6-8-15(9-7-14)18-17(20)12-19(3)11-16-10-5-13(2)21-16/h5-10H,4,11-12H2,1-3H3,(H,18,20). The Kier molecular flexibility index (Phi) is 5.53. The predicted octanol–water partition coefficient (Wildman–Crippen LogP) is 3.69. The van der Waals surface area contributed by atoms with E-state index in [9.17, 15) is 4.79 Å². The van der Waals surface area contributed by atoms with Crippen molar-refractivity contribution in [3.63, 3.8) is 0 Å². The first-order chi connectivity index (χ1) is 10.1. The Hall–Kier alpha value is -1.65. The fourth-order valence-corrected chi connectivity index (χ4v) is 3.13. The number of carbonyl (C=O) groups is 1. The Balaban J connectivity index is 1.82. The normalized spacial score (nSPS) is 10.9. The van der Waals surface area contributed by atoms with Crippen molar-refractivity contribution in [1.82, 2.24) is 4.90 Å². The van der Waals surface area contributed by atoms with Gasteiger partial charge < -0.3 is 5.32 Å². The quantitative estimate of drug-likeness (QED) is 0.882. The van der Waals surface area contributed by atoms with E-state index in [0.717, 1.165) is 18.7 Å². The molecular formula is C17H22N2OS. The number of anilines is 1. The average molecular weight is 302 g/mol. The molecule has 2 rings (SSSR count). The molecule has 0 aliphatic carbocycles. The molecular weight excluding hydrogens is 280 g/mol. The lowest BCUT2D eigenvalue weighted by Gasteiger charge is -2.15. The third-order valence-corrected chi connectivity index (χ3v) is 4.27. The highest BCUT2D eigenvalue weighted by atomic mass is 32.1. The maximum absolute atomic E-state index is 12.0. The summed E-state index contributed by atoms with van der Waals surface area (Å²) in [5.41, 5.74) is 2.13. The van der Waals surface area contributed by atoms with Gasteiger partial charge in [-0.05, 0) is 50.2 Å². The molecule has 0 unspecified atom stereocenters. The van der Waals surface area contributed by atoms with E-state index in [4.69, 9.17) is 0 Å². The highest BCUT2D eigenvalue weighted by Gasteiger charge is 2.08. The van der Waals surface area contributed by atoms with Crippen LogP contribution < -0.4 is 5.32 Å². The zero-order chi connectivity index (χ0) is 15.2. The number of amides is 1. The molecule has 0 saturated heterocycles. The molecule has 0 radical (unpaired) electrons. The number of nitrogens with zero attached hydrogens (tertiary/aromatic N) is 1. The highest BCUT2D eigenvalue weighted by Crippen LogP contribution is 2.16. The second kappa shape index (κ2) is 7.38. The fourth-order valence-electron chi connectivity index (χ4n) is 2.16. The molecule has 0 aliphatic heterocycles. The van der Waals surface area contributed by atoms with Gasteiger partial charge in [0.2, 0.25) is 5.91 Å². The van der Waals surface area contributed by atoms with E-state index >= 15 is 0 Å². The number of hydrogen-bond donors (Lipinski definition) is 1. The molecule has 1 heterocycles. The number of nitrogens with one attached hydrogen (secondary N) is 1. The lowest BCUT2D eigenvalue weighted by Crippen LogP contribution is -2.29. The molecule has 0 atom stereocenters. The highest BCUT2D eigenvalue weighted by molar-refractivity contribution is 7.11. The lowest BCUT2D eigenvalue weighted by molar-refractivity contribution is -0.117. The van der Waals surface area contributed by atoms with Crippen LogP contribution >= 0.6 is 11.3 Å². The van der Waals surface area contributed by atoms with Crippen molar-refractivity contribution >= 4 is 22.9 Å². The van der Waals surface area contributed by atoms with Crippen LogP contribution in [0.4, 0.5) is 5.69 Å². The summed E-state index contributed by atoms with van der Waals surface area (Å²) in [7, 11) is 1.97. The van der Waals surface area contributed by atoms with Crippen LogP contribution in [0.2, 0.25) is 0 Å². The Bertz CT molecular complexity index is 589. The molecule has 1 aromatic heterocycles. The van der Waals surface area contributed by atoms with Crippen molar-refractivity contribution in [1.29, 1.82) is 0 Å². The van der Waals surface area contributed by atoms with Crippen LogP contribution in [0.1, 0.15) is 22.2 Å². The van der Waals surface area contributed by atoms with Gasteiger partial charge in [-0.2, -0.15) is 0 Å². The monoisotopic (exact) mass is 302 g/mol. The molecule has 1 N–H and O–H groups in total. The molecule has 0 fully saturated rings. The van der Waals surface area contributed by atoms with Crippen LogP contribution in [0.25, 0.3) is 0 Å². The number of thiophene rings is 1. The number of rotatable bonds is 6. The number of hydrogen-bond acceptors (Lipinski definition) is 3. The molecule has 4 heteroatoms. The number of carbonyl (C=O) groups excluding carboxylic acids is 1. The zero-order valence-electron chi connectivity index (χ0n) is 12.8. The summed E-state index contributed by atoms with van der Waals surface area (Å²) in [5, 5.41) is 2.94. The first kappa shape index (κ1) is 15.7. The molecule has 1 amide bonds. The second-order valence-corrected chi connectivity index (χ2v) is 6.66. The smallest absolute Gasteiger partial charge is 0.238 e. The first-order valence-corrected chi connectivity index (χ1v) is 8.01. The number of aryl methyl sites for hydroxylation is 2. The summed E-state index contributed by atoms with van der Waals surface area (Å²) in [6.45, 7) is 5.42. The maximum atomic E-state index is 12.0. The van der Waals surface area contributed by atoms with Crippen molar-refractivity contribution in [3.8, 4) is 0 Å². The topological polar surface area (TPSA) is 32.3 Å². The van der Waals surface area contributed by atoms with E-state index in [2.05, 4.69) is 31.3 Å². The SMILES string of the molecule is CCc1ccc(NC(=O)CN(C)Cc2ccc(C)s2)cc1. The van der Waals surface area contributed by atoms with Crippen LogP contribution in [0.3, 0.4) is 0 Å². The zero-order valence-corrected chi connectivity index (χ0v) is 13.7. The lowest BCUT2D eigenvalue weighted by atomic mass is 10.1. The van der Waals surface area contributed by atoms with Crippen molar-refractivity contribution < 1.29 is 4.79 Å². The van der Waals surface area contributed by atoms with Gasteiger partial charge in [-0.25, -0.2) is 0 Å². The summed E-state index contributed by atoms with van der Waals surface area (Å²) >= 11 is 1.78. The Morgan fingerprint density at radius 3 is 2.48 bits per heavy atom. The largest absolute Gasteiger partial charge is 0.325 e. The van der Waals surface area contributed by atoms with E-state index in [1.165, 1.54) is 15.3 Å². The van der Waals surface area contributed by atoms with Crippen molar-refractivity contribution in [2.45, 2.75) is 26.8 Å². The van der Waals surface area contributed by atoms with E-state index in [-0.39, 0.29) is 5.91 Å². The van der Waals surface area contributed by atoms with E-state index in [1.54, 1.807) is 11.3 Å². The number of likely N-dealkylation sites (N-methyl/N-ethyl adjacent to an activating group) is 1. The molecule has 1 aromatic carbocycles. The molecule has 0 aliphatic rings. The van der Waals surface area contributed by atoms with Crippen LogP contribution in [-0.2, 0) is 17.8 Å². The predicted molar refractivity (Wildman–Crippen MR) is 89.8 cm³/mol. The minimum absolute atomic E-state index is 0.0232. The van der Waals surface area contributed by atoms with Gasteiger partial charge in [0.25, 0.3) is 0 Å². The Morgan fingerprint density at radius 1 is 1.19 bits per heavy atom. The fraction of sp³-hybridized carbons (Fsp3) is 0.353. The van der Waals surface area contributed by atoms with Gasteiger partial charge in [-0.15, -0.1) is 11.3 Å². The van der Waals surface area contributed by atoms with Gasteiger partial charge >= 0.3 is 0 Å². The minimum Gasteiger partial charge on any atom is -0.325 e.